The first-order chi connectivity index (χ1) is 15.4. The van der Waals surface area contributed by atoms with Gasteiger partial charge in [0.05, 0.1) is 24.6 Å². The van der Waals surface area contributed by atoms with E-state index >= 15 is 0 Å². The number of nitrogens with one attached hydrogen (secondary N) is 1. The Morgan fingerprint density at radius 2 is 1.97 bits per heavy atom. The summed E-state index contributed by atoms with van der Waals surface area (Å²) < 4.78 is 37.7. The Kier molecular flexibility index (Phi) is 6.27. The average molecular weight is 455 g/mol. The van der Waals surface area contributed by atoms with Gasteiger partial charge in [0, 0.05) is 29.3 Å². The van der Waals surface area contributed by atoms with Gasteiger partial charge in [-0.05, 0) is 43.3 Å². The van der Waals surface area contributed by atoms with Crippen LogP contribution in [0.3, 0.4) is 0 Å². The summed E-state index contributed by atoms with van der Waals surface area (Å²) in [6, 6.07) is 10.7. The number of carbonyl (C=O) groups excluding carboxylic acids is 1. The fourth-order valence-electron chi connectivity index (χ4n) is 3.11. The van der Waals surface area contributed by atoms with E-state index < -0.39 is 11.6 Å². The highest BCUT2D eigenvalue weighted by Gasteiger charge is 2.15. The number of halogens is 2. The average Bonchev–Trinajstić information content (AvgIpc) is 3.39. The molecule has 2 heterocycles. The predicted molar refractivity (Wildman–Crippen MR) is 118 cm³/mol. The van der Waals surface area contributed by atoms with E-state index in [0.29, 0.717) is 5.13 Å². The lowest BCUT2D eigenvalue weighted by Gasteiger charge is -2.02. The molecule has 0 bridgehead atoms. The number of anilines is 1. The number of benzene rings is 2. The third kappa shape index (κ3) is 4.83. The molecule has 6 nitrogen and oxygen atoms in total. The lowest BCUT2D eigenvalue weighted by Crippen LogP contribution is -2.12. The molecule has 0 aliphatic rings. The summed E-state index contributed by atoms with van der Waals surface area (Å²) in [5.74, 6) is -0.432. The molecule has 0 fully saturated rings. The molecule has 1 amide bonds. The lowest BCUT2D eigenvalue weighted by atomic mass is 10.1. The molecule has 0 spiro atoms. The maximum atomic E-state index is 13.9. The Hall–Kier alpha value is -3.59. The number of aryl methyl sites for hydroxylation is 2. The summed E-state index contributed by atoms with van der Waals surface area (Å²) in [6.07, 6.45) is 1.70. The van der Waals surface area contributed by atoms with Crippen LogP contribution in [0.15, 0.2) is 53.1 Å². The Morgan fingerprint density at radius 1 is 1.19 bits per heavy atom. The summed E-state index contributed by atoms with van der Waals surface area (Å²) >= 11 is 1.39. The van der Waals surface area contributed by atoms with Crippen LogP contribution in [0.1, 0.15) is 17.2 Å². The zero-order valence-electron chi connectivity index (χ0n) is 17.3. The first-order valence-electron chi connectivity index (χ1n) is 9.75. The second kappa shape index (κ2) is 9.27. The number of nitrogens with zero attached hydrogens (tertiary/aromatic N) is 2. The van der Waals surface area contributed by atoms with Crippen LogP contribution < -0.4 is 10.1 Å². The van der Waals surface area contributed by atoms with Gasteiger partial charge in [-0.2, -0.15) is 0 Å². The van der Waals surface area contributed by atoms with Crippen molar-refractivity contribution < 1.29 is 22.7 Å². The maximum Gasteiger partial charge on any atom is 0.226 e. The van der Waals surface area contributed by atoms with Gasteiger partial charge in [-0.3, -0.25) is 4.79 Å². The number of thiazole rings is 1. The van der Waals surface area contributed by atoms with Crippen molar-refractivity contribution >= 4 is 22.4 Å². The minimum absolute atomic E-state index is 0.110. The lowest BCUT2D eigenvalue weighted by molar-refractivity contribution is -0.116. The Bertz CT molecular complexity index is 1250. The van der Waals surface area contributed by atoms with Crippen molar-refractivity contribution in [2.45, 2.75) is 19.8 Å². The predicted octanol–water partition coefficient (Wildman–Crippen LogP) is 5.63. The number of hydrogen-bond donors (Lipinski definition) is 1. The highest BCUT2D eigenvalue weighted by molar-refractivity contribution is 7.16. The van der Waals surface area contributed by atoms with Crippen molar-refractivity contribution in [3.8, 4) is 28.3 Å². The zero-order chi connectivity index (χ0) is 22.7. The highest BCUT2D eigenvalue weighted by atomic mass is 32.1. The first kappa shape index (κ1) is 21.6. The van der Waals surface area contributed by atoms with Gasteiger partial charge < -0.3 is 14.5 Å². The van der Waals surface area contributed by atoms with Crippen LogP contribution in [0.5, 0.6) is 5.75 Å². The van der Waals surface area contributed by atoms with Crippen molar-refractivity contribution in [2.24, 2.45) is 0 Å². The third-order valence-electron chi connectivity index (χ3n) is 4.72. The molecule has 1 N–H and O–H groups in total. The van der Waals surface area contributed by atoms with E-state index in [1.807, 2.05) is 31.2 Å². The van der Waals surface area contributed by atoms with Crippen LogP contribution in [-0.2, 0) is 11.2 Å². The molecule has 0 unspecified atom stereocenters. The quantitative estimate of drug-likeness (QED) is 0.391. The molecular weight excluding hydrogens is 436 g/mol. The Balaban J connectivity index is 1.37. The second-order valence-corrected chi connectivity index (χ2v) is 8.15. The molecule has 32 heavy (non-hydrogen) atoms. The number of amides is 1. The number of ether oxygens (including phenoxy) is 1. The molecule has 0 atom stereocenters. The SMILES string of the molecule is COc1ccc(-c2nc(NC(=O)CCc3ncc(-c4ccc(F)cc4F)o3)sc2C)cc1. The van der Waals surface area contributed by atoms with E-state index in [9.17, 15) is 13.6 Å². The zero-order valence-corrected chi connectivity index (χ0v) is 18.1. The molecule has 9 heteroatoms. The Labute approximate surface area is 186 Å². The number of methoxy groups -OCH3 is 1. The standard InChI is InChI=1S/C23H19F2N3O3S/c1-13-22(14-3-6-16(30-2)7-4-14)28-23(32-13)27-20(29)9-10-21-26-12-19(31-21)17-8-5-15(24)11-18(17)25/h3-8,11-12H,9-10H2,1-2H3,(H,27,28,29). The Morgan fingerprint density at radius 3 is 2.69 bits per heavy atom. The van der Waals surface area contributed by atoms with Crippen molar-refractivity contribution in [1.29, 1.82) is 0 Å². The normalized spacial score (nSPS) is 10.9. The minimum atomic E-state index is -0.739. The van der Waals surface area contributed by atoms with E-state index in [0.717, 1.165) is 34.0 Å². The molecule has 0 aliphatic heterocycles. The van der Waals surface area contributed by atoms with E-state index in [1.165, 1.54) is 23.6 Å². The summed E-state index contributed by atoms with van der Waals surface area (Å²) in [4.78, 5) is 21.9. The first-order valence-corrected chi connectivity index (χ1v) is 10.6. The number of oxazole rings is 1. The molecule has 0 saturated carbocycles. The highest BCUT2D eigenvalue weighted by Crippen LogP contribution is 2.31. The van der Waals surface area contributed by atoms with E-state index in [2.05, 4.69) is 15.3 Å². The molecule has 2 aromatic carbocycles. The molecule has 4 aromatic rings. The van der Waals surface area contributed by atoms with Crippen molar-refractivity contribution in [3.63, 3.8) is 0 Å². The number of hydrogen-bond acceptors (Lipinski definition) is 6. The summed E-state index contributed by atoms with van der Waals surface area (Å²) in [5, 5.41) is 3.29. The van der Waals surface area contributed by atoms with Crippen molar-refractivity contribution in [2.75, 3.05) is 12.4 Å². The van der Waals surface area contributed by atoms with Gasteiger partial charge >= 0.3 is 0 Å². The van der Waals surface area contributed by atoms with Gasteiger partial charge in [0.2, 0.25) is 5.91 Å². The van der Waals surface area contributed by atoms with Crippen molar-refractivity contribution in [1.82, 2.24) is 9.97 Å². The van der Waals surface area contributed by atoms with Gasteiger partial charge in [0.15, 0.2) is 16.8 Å². The maximum absolute atomic E-state index is 13.9. The van der Waals surface area contributed by atoms with Gasteiger partial charge in [-0.25, -0.2) is 18.7 Å². The number of aromatic nitrogens is 2. The monoisotopic (exact) mass is 455 g/mol. The largest absolute Gasteiger partial charge is 0.497 e. The van der Waals surface area contributed by atoms with E-state index in [1.54, 1.807) is 7.11 Å². The van der Waals surface area contributed by atoms with Gasteiger partial charge in [0.25, 0.3) is 0 Å². The van der Waals surface area contributed by atoms with Crippen LogP contribution in [0, 0.1) is 18.6 Å². The third-order valence-corrected chi connectivity index (χ3v) is 5.61. The molecule has 0 radical (unpaired) electrons. The van der Waals surface area contributed by atoms with Crippen LogP contribution in [0.2, 0.25) is 0 Å². The van der Waals surface area contributed by atoms with Crippen molar-refractivity contribution in [3.05, 3.63) is 71.1 Å². The topological polar surface area (TPSA) is 77.2 Å². The summed E-state index contributed by atoms with van der Waals surface area (Å²) in [7, 11) is 1.61. The number of rotatable bonds is 7. The molecule has 2 aromatic heterocycles. The smallest absolute Gasteiger partial charge is 0.226 e. The second-order valence-electron chi connectivity index (χ2n) is 6.94. The van der Waals surface area contributed by atoms with Gasteiger partial charge in [-0.1, -0.05) is 0 Å². The van der Waals surface area contributed by atoms with Crippen LogP contribution in [0.25, 0.3) is 22.6 Å². The van der Waals surface area contributed by atoms with Crippen LogP contribution >= 0.6 is 11.3 Å². The molecule has 164 valence electrons. The molecular formula is C23H19F2N3O3S. The van der Waals surface area contributed by atoms with Gasteiger partial charge in [-0.15, -0.1) is 11.3 Å². The number of carbonyl (C=O) groups is 1. The fraction of sp³-hybridized carbons (Fsp3) is 0.174. The van der Waals surface area contributed by atoms with Crippen LogP contribution in [-0.4, -0.2) is 23.0 Å². The summed E-state index contributed by atoms with van der Waals surface area (Å²) in [5.41, 5.74) is 1.84. The molecule has 4 rings (SSSR count). The molecule has 0 aliphatic carbocycles. The van der Waals surface area contributed by atoms with Crippen LogP contribution in [0.4, 0.5) is 13.9 Å². The van der Waals surface area contributed by atoms with Gasteiger partial charge in [0.1, 0.15) is 17.4 Å². The van der Waals surface area contributed by atoms with E-state index in [4.69, 9.17) is 9.15 Å². The minimum Gasteiger partial charge on any atom is -0.497 e. The molecule has 0 saturated heterocycles. The fourth-order valence-corrected chi connectivity index (χ4v) is 3.96. The summed E-state index contributed by atoms with van der Waals surface area (Å²) in [6.45, 7) is 1.94. The van der Waals surface area contributed by atoms with E-state index in [-0.39, 0.29) is 36.0 Å².